The van der Waals surface area contributed by atoms with E-state index in [4.69, 9.17) is 0 Å². The molecule has 0 saturated heterocycles. The maximum absolute atomic E-state index is 4.11. The second-order valence-electron chi connectivity index (χ2n) is 3.15. The summed E-state index contributed by atoms with van der Waals surface area (Å²) < 4.78 is 0. The molecule has 0 amide bonds. The van der Waals surface area contributed by atoms with Gasteiger partial charge in [0.1, 0.15) is 0 Å². The van der Waals surface area contributed by atoms with Gasteiger partial charge in [0.25, 0.3) is 0 Å². The molecule has 1 heterocycles. The van der Waals surface area contributed by atoms with Gasteiger partial charge in [-0.2, -0.15) is 0 Å². The van der Waals surface area contributed by atoms with Crippen molar-refractivity contribution in [2.24, 2.45) is 4.99 Å². The largest absolute Gasteiger partial charge is 0.245 e. The van der Waals surface area contributed by atoms with Gasteiger partial charge in [0.05, 0.1) is 0 Å². The van der Waals surface area contributed by atoms with Gasteiger partial charge >= 0.3 is 0 Å². The summed E-state index contributed by atoms with van der Waals surface area (Å²) in [6.45, 7) is 11.5. The summed E-state index contributed by atoms with van der Waals surface area (Å²) in [7, 11) is 0. The van der Waals surface area contributed by atoms with E-state index in [-0.39, 0.29) is 0 Å². The van der Waals surface area contributed by atoms with Crippen molar-refractivity contribution in [1.29, 1.82) is 0 Å². The molecule has 0 unspecified atom stereocenters. The van der Waals surface area contributed by atoms with Crippen molar-refractivity contribution in [3.8, 4) is 0 Å². The van der Waals surface area contributed by atoms with Gasteiger partial charge in [-0.1, -0.05) is 26.5 Å². The molecule has 1 aromatic heterocycles. The van der Waals surface area contributed by atoms with E-state index >= 15 is 0 Å². The fourth-order valence-corrected chi connectivity index (χ4v) is 1.32. The van der Waals surface area contributed by atoms with Crippen LogP contribution in [0.25, 0.3) is 6.08 Å². The molecule has 13 heavy (non-hydrogen) atoms. The van der Waals surface area contributed by atoms with Crippen LogP contribution in [0.5, 0.6) is 0 Å². The summed E-state index contributed by atoms with van der Waals surface area (Å²) in [6.07, 6.45) is 3.54. The molecule has 0 aliphatic carbocycles. The average Bonchev–Trinajstić information content (AvgIpc) is 2.16. The van der Waals surface area contributed by atoms with Gasteiger partial charge in [0, 0.05) is 11.8 Å². The lowest BCUT2D eigenvalue weighted by molar-refractivity contribution is 0.860. The Labute approximate surface area is 79.0 Å². The Kier molecular flexibility index (Phi) is 2.96. The summed E-state index contributed by atoms with van der Waals surface area (Å²) in [5.74, 6) is 1.12. The third-order valence-corrected chi connectivity index (χ3v) is 1.98. The lowest BCUT2D eigenvalue weighted by Gasteiger charge is -2.10. The lowest BCUT2D eigenvalue weighted by atomic mass is 9.98. The summed E-state index contributed by atoms with van der Waals surface area (Å²) in [5, 5.41) is 0. The normalized spacial score (nSPS) is 10.1. The maximum Gasteiger partial charge on any atom is 0.158 e. The van der Waals surface area contributed by atoms with E-state index in [0.717, 1.165) is 5.56 Å². The van der Waals surface area contributed by atoms with Gasteiger partial charge in [-0.15, -0.1) is 0 Å². The third kappa shape index (κ3) is 1.83. The zero-order chi connectivity index (χ0) is 9.84. The highest BCUT2D eigenvalue weighted by atomic mass is 14.9. The van der Waals surface area contributed by atoms with Crippen LogP contribution in [0, 0.1) is 0 Å². The van der Waals surface area contributed by atoms with E-state index in [1.165, 1.54) is 5.56 Å². The van der Waals surface area contributed by atoms with Crippen molar-refractivity contribution in [3.05, 3.63) is 30.0 Å². The van der Waals surface area contributed by atoms with Crippen molar-refractivity contribution in [2.75, 3.05) is 0 Å². The minimum Gasteiger partial charge on any atom is -0.245 e. The Hall–Kier alpha value is -1.44. The van der Waals surface area contributed by atoms with Gasteiger partial charge in [0.2, 0.25) is 0 Å². The molecule has 0 fully saturated rings. The second kappa shape index (κ2) is 3.99. The molecule has 0 aliphatic rings. The van der Waals surface area contributed by atoms with E-state index < -0.39 is 0 Å². The van der Waals surface area contributed by atoms with Crippen LogP contribution in [-0.2, 0) is 0 Å². The smallest absolute Gasteiger partial charge is 0.158 e. The molecule has 0 aliphatic heterocycles. The molecule has 1 rings (SSSR count). The number of nitrogens with zero attached hydrogens (tertiary/aromatic N) is 2. The topological polar surface area (TPSA) is 25.2 Å². The molecular weight excluding hydrogens is 160 g/mol. The molecule has 0 N–H and O–H groups in total. The van der Waals surface area contributed by atoms with Gasteiger partial charge in [-0.05, 0) is 24.3 Å². The Morgan fingerprint density at radius 2 is 2.23 bits per heavy atom. The first kappa shape index (κ1) is 9.65. The van der Waals surface area contributed by atoms with E-state index in [2.05, 4.69) is 37.1 Å². The molecule has 2 heteroatoms. The number of aliphatic imine (C=N–C) groups is 1. The van der Waals surface area contributed by atoms with E-state index in [1.54, 1.807) is 12.3 Å². The van der Waals surface area contributed by atoms with Crippen molar-refractivity contribution in [3.63, 3.8) is 0 Å². The Bertz CT molecular complexity index is 327. The van der Waals surface area contributed by atoms with Crippen LogP contribution in [0.1, 0.15) is 30.9 Å². The zero-order valence-corrected chi connectivity index (χ0v) is 8.12. The number of hydrogen-bond acceptors (Lipinski definition) is 2. The van der Waals surface area contributed by atoms with Crippen molar-refractivity contribution in [2.45, 2.75) is 19.8 Å². The second-order valence-corrected chi connectivity index (χ2v) is 3.15. The van der Waals surface area contributed by atoms with Crippen molar-refractivity contribution < 1.29 is 0 Å². The van der Waals surface area contributed by atoms with Gasteiger partial charge in [-0.25, -0.2) is 9.98 Å². The highest BCUT2D eigenvalue weighted by molar-refractivity contribution is 5.65. The van der Waals surface area contributed by atoms with E-state index in [1.807, 2.05) is 6.07 Å². The highest BCUT2D eigenvalue weighted by Gasteiger charge is 2.07. The average molecular weight is 174 g/mol. The van der Waals surface area contributed by atoms with Crippen LogP contribution in [0.3, 0.4) is 0 Å². The first-order valence-corrected chi connectivity index (χ1v) is 4.28. The molecule has 0 radical (unpaired) electrons. The minimum atomic E-state index is 0.455. The van der Waals surface area contributed by atoms with Crippen LogP contribution >= 0.6 is 0 Å². The van der Waals surface area contributed by atoms with E-state index in [0.29, 0.717) is 11.7 Å². The fourth-order valence-electron chi connectivity index (χ4n) is 1.32. The predicted molar refractivity (Wildman–Crippen MR) is 57.6 cm³/mol. The molecule has 2 nitrogen and oxygen atoms in total. The molecule has 0 aromatic carbocycles. The molecule has 1 aromatic rings. The number of aromatic nitrogens is 1. The van der Waals surface area contributed by atoms with Crippen LogP contribution in [0.4, 0.5) is 5.82 Å². The molecule has 0 saturated carbocycles. The summed E-state index contributed by atoms with van der Waals surface area (Å²) in [4.78, 5) is 7.96. The third-order valence-electron chi connectivity index (χ3n) is 1.98. The van der Waals surface area contributed by atoms with Crippen LogP contribution in [0.2, 0.25) is 0 Å². The zero-order valence-electron chi connectivity index (χ0n) is 8.12. The number of hydrogen-bond donors (Lipinski definition) is 0. The highest BCUT2D eigenvalue weighted by Crippen LogP contribution is 2.26. The standard InChI is InChI=1S/C11H14N2/c1-5-9-10(8(2)3)6-7-13-11(9)12-4/h5-8H,1,4H2,2-3H3. The lowest BCUT2D eigenvalue weighted by Crippen LogP contribution is -1.93. The van der Waals surface area contributed by atoms with Crippen LogP contribution in [0.15, 0.2) is 23.8 Å². The monoisotopic (exact) mass is 174 g/mol. The molecular formula is C11H14N2. The van der Waals surface area contributed by atoms with Crippen molar-refractivity contribution in [1.82, 2.24) is 4.98 Å². The van der Waals surface area contributed by atoms with Crippen molar-refractivity contribution >= 4 is 18.6 Å². The number of pyridine rings is 1. The Morgan fingerprint density at radius 1 is 1.54 bits per heavy atom. The maximum atomic E-state index is 4.11. The minimum absolute atomic E-state index is 0.455. The molecule has 68 valence electrons. The Balaban J connectivity index is 3.35. The summed E-state index contributed by atoms with van der Waals surface area (Å²) >= 11 is 0. The Morgan fingerprint density at radius 3 is 2.69 bits per heavy atom. The van der Waals surface area contributed by atoms with Crippen LogP contribution in [-0.4, -0.2) is 11.7 Å². The summed E-state index contributed by atoms with van der Waals surface area (Å²) in [6, 6.07) is 2.00. The fraction of sp³-hybridized carbons (Fsp3) is 0.273. The SMILES string of the molecule is C=Cc1c(C(C)C)ccnc1N=C. The molecule has 0 atom stereocenters. The quantitative estimate of drug-likeness (QED) is 0.646. The van der Waals surface area contributed by atoms with Gasteiger partial charge < -0.3 is 0 Å². The molecule has 0 spiro atoms. The number of rotatable bonds is 3. The van der Waals surface area contributed by atoms with Gasteiger partial charge in [-0.3, -0.25) is 0 Å². The first-order chi connectivity index (χ1) is 6.20. The summed E-state index contributed by atoms with van der Waals surface area (Å²) in [5.41, 5.74) is 2.21. The van der Waals surface area contributed by atoms with Gasteiger partial charge in [0.15, 0.2) is 5.82 Å². The van der Waals surface area contributed by atoms with E-state index in [9.17, 15) is 0 Å². The first-order valence-electron chi connectivity index (χ1n) is 4.28. The van der Waals surface area contributed by atoms with Crippen LogP contribution < -0.4 is 0 Å². The predicted octanol–water partition coefficient (Wildman–Crippen LogP) is 3.18. The molecule has 0 bridgehead atoms.